The van der Waals surface area contributed by atoms with Crippen LogP contribution in [0.4, 0.5) is 5.82 Å². The molecule has 0 aliphatic heterocycles. The monoisotopic (exact) mass is 336 g/mol. The van der Waals surface area contributed by atoms with Crippen molar-refractivity contribution in [1.29, 1.82) is 0 Å². The van der Waals surface area contributed by atoms with E-state index in [0.717, 1.165) is 12.1 Å². The molecule has 2 N–H and O–H groups in total. The topological polar surface area (TPSA) is 78.3 Å². The third-order valence-electron chi connectivity index (χ3n) is 3.96. The molecule has 0 saturated carbocycles. The number of hydrogen-bond donors (Lipinski definition) is 2. The van der Waals surface area contributed by atoms with Gasteiger partial charge in [-0.25, -0.2) is 14.8 Å². The number of carboxylic acids is 1. The number of carboxylic acid groups (broad SMARTS) is 1. The molecule has 1 aromatic heterocycles. The lowest BCUT2D eigenvalue weighted by molar-refractivity contribution is 0.0699. The fraction of sp³-hybridized carbons (Fsp3) is 0.211. The molecular weight excluding hydrogens is 316 g/mol. The Hall–Kier alpha value is -2.99. The van der Waals surface area contributed by atoms with E-state index < -0.39 is 5.97 Å². The normalized spacial score (nSPS) is 12.3. The van der Waals surface area contributed by atoms with Gasteiger partial charge in [0.05, 0.1) is 17.1 Å². The summed E-state index contributed by atoms with van der Waals surface area (Å²) in [7, 11) is 4.02. The number of hydrogen-bond acceptors (Lipinski definition) is 5. The lowest BCUT2D eigenvalue weighted by atomic mass is 10.1. The quantitative estimate of drug-likeness (QED) is 0.720. The molecule has 25 heavy (non-hydrogen) atoms. The second-order valence-corrected chi connectivity index (χ2v) is 6.10. The van der Waals surface area contributed by atoms with Crippen molar-refractivity contribution in [3.8, 4) is 0 Å². The zero-order valence-electron chi connectivity index (χ0n) is 14.2. The molecule has 1 atom stereocenters. The van der Waals surface area contributed by atoms with Crippen LogP contribution in [0.1, 0.15) is 22.0 Å². The molecule has 1 heterocycles. The number of likely N-dealkylation sites (N-methyl/N-ethyl adjacent to an activating group) is 1. The van der Waals surface area contributed by atoms with Gasteiger partial charge in [0.1, 0.15) is 12.1 Å². The van der Waals surface area contributed by atoms with E-state index >= 15 is 0 Å². The van der Waals surface area contributed by atoms with E-state index in [4.69, 9.17) is 0 Å². The third-order valence-corrected chi connectivity index (χ3v) is 3.96. The molecule has 0 radical (unpaired) electrons. The maximum atomic E-state index is 11.4. The van der Waals surface area contributed by atoms with Crippen LogP contribution in [-0.2, 0) is 0 Å². The minimum atomic E-state index is -0.997. The SMILES string of the molecule is CN(C)C[C@@H](Nc1ncnc2c(C(=O)O)cccc12)c1ccccc1. The van der Waals surface area contributed by atoms with Crippen molar-refractivity contribution in [2.24, 2.45) is 0 Å². The van der Waals surface area contributed by atoms with Gasteiger partial charge in [-0.1, -0.05) is 36.4 Å². The molecule has 6 nitrogen and oxygen atoms in total. The van der Waals surface area contributed by atoms with Crippen molar-refractivity contribution in [3.63, 3.8) is 0 Å². The number of fused-ring (bicyclic) bond motifs is 1. The van der Waals surface area contributed by atoms with Gasteiger partial charge < -0.3 is 15.3 Å². The molecule has 0 fully saturated rings. The maximum absolute atomic E-state index is 11.4. The van der Waals surface area contributed by atoms with Gasteiger partial charge in [0.15, 0.2) is 0 Å². The average molecular weight is 336 g/mol. The summed E-state index contributed by atoms with van der Waals surface area (Å²) in [6, 6.07) is 15.2. The zero-order chi connectivity index (χ0) is 17.8. The van der Waals surface area contributed by atoms with E-state index in [-0.39, 0.29) is 11.6 Å². The number of aromatic carboxylic acids is 1. The van der Waals surface area contributed by atoms with Gasteiger partial charge in [0.2, 0.25) is 0 Å². The van der Waals surface area contributed by atoms with E-state index in [1.54, 1.807) is 12.1 Å². The number of benzene rings is 2. The Morgan fingerprint density at radius 1 is 1.12 bits per heavy atom. The predicted octanol–water partition coefficient (Wildman–Crippen LogP) is 3.04. The molecule has 3 rings (SSSR count). The van der Waals surface area contributed by atoms with Crippen LogP contribution in [-0.4, -0.2) is 46.6 Å². The van der Waals surface area contributed by atoms with Crippen LogP contribution < -0.4 is 5.32 Å². The summed E-state index contributed by atoms with van der Waals surface area (Å²) >= 11 is 0. The van der Waals surface area contributed by atoms with E-state index in [2.05, 4.69) is 32.3 Å². The van der Waals surface area contributed by atoms with Crippen molar-refractivity contribution < 1.29 is 9.90 Å². The molecule has 0 unspecified atom stereocenters. The Balaban J connectivity index is 2.03. The minimum Gasteiger partial charge on any atom is -0.478 e. The van der Waals surface area contributed by atoms with Crippen LogP contribution in [0.15, 0.2) is 54.9 Å². The molecule has 0 aliphatic carbocycles. The molecule has 0 spiro atoms. The lowest BCUT2D eigenvalue weighted by Crippen LogP contribution is -2.26. The van der Waals surface area contributed by atoms with Gasteiger partial charge >= 0.3 is 5.97 Å². The van der Waals surface area contributed by atoms with Crippen molar-refractivity contribution in [3.05, 3.63) is 66.0 Å². The summed E-state index contributed by atoms with van der Waals surface area (Å²) in [6.45, 7) is 0.772. The number of carbonyl (C=O) groups is 1. The number of nitrogens with zero attached hydrogens (tertiary/aromatic N) is 3. The van der Waals surface area contributed by atoms with Crippen LogP contribution >= 0.6 is 0 Å². The van der Waals surface area contributed by atoms with Crippen molar-refractivity contribution in [2.45, 2.75) is 6.04 Å². The molecule has 6 heteroatoms. The summed E-state index contributed by atoms with van der Waals surface area (Å²) in [4.78, 5) is 22.0. The molecule has 0 bridgehead atoms. The van der Waals surface area contributed by atoms with Crippen LogP contribution in [0.5, 0.6) is 0 Å². The van der Waals surface area contributed by atoms with Gasteiger partial charge in [0, 0.05) is 11.9 Å². The highest BCUT2D eigenvalue weighted by Crippen LogP contribution is 2.26. The maximum Gasteiger partial charge on any atom is 0.337 e. The summed E-state index contributed by atoms with van der Waals surface area (Å²) in [5, 5.41) is 13.5. The molecule has 3 aromatic rings. The Labute approximate surface area is 146 Å². The Morgan fingerprint density at radius 2 is 1.88 bits per heavy atom. The summed E-state index contributed by atoms with van der Waals surface area (Å²) in [5.74, 6) is -0.369. The first-order chi connectivity index (χ1) is 12.1. The van der Waals surface area contributed by atoms with Crippen molar-refractivity contribution >= 4 is 22.7 Å². The Bertz CT molecular complexity index is 881. The van der Waals surface area contributed by atoms with Crippen molar-refractivity contribution in [1.82, 2.24) is 14.9 Å². The van der Waals surface area contributed by atoms with Crippen LogP contribution in [0.25, 0.3) is 10.9 Å². The van der Waals surface area contributed by atoms with Gasteiger partial charge in [-0.3, -0.25) is 0 Å². The Morgan fingerprint density at radius 3 is 2.56 bits per heavy atom. The highest BCUT2D eigenvalue weighted by atomic mass is 16.4. The molecule has 2 aromatic carbocycles. The van der Waals surface area contributed by atoms with Gasteiger partial charge in [-0.2, -0.15) is 0 Å². The van der Waals surface area contributed by atoms with E-state index in [9.17, 15) is 9.90 Å². The summed E-state index contributed by atoms with van der Waals surface area (Å²) in [6.07, 6.45) is 1.40. The largest absolute Gasteiger partial charge is 0.478 e. The van der Waals surface area contributed by atoms with Crippen molar-refractivity contribution in [2.75, 3.05) is 26.0 Å². The van der Waals surface area contributed by atoms with Gasteiger partial charge in [0.25, 0.3) is 0 Å². The van der Waals surface area contributed by atoms with E-state index in [1.807, 2.05) is 38.4 Å². The zero-order valence-corrected chi connectivity index (χ0v) is 14.2. The smallest absolute Gasteiger partial charge is 0.337 e. The number of rotatable bonds is 6. The average Bonchev–Trinajstić information content (AvgIpc) is 2.61. The molecular formula is C19H20N4O2. The van der Waals surface area contributed by atoms with Gasteiger partial charge in [-0.15, -0.1) is 0 Å². The first-order valence-corrected chi connectivity index (χ1v) is 7.99. The van der Waals surface area contributed by atoms with E-state index in [0.29, 0.717) is 16.7 Å². The number of para-hydroxylation sites is 1. The van der Waals surface area contributed by atoms with E-state index in [1.165, 1.54) is 6.33 Å². The number of aromatic nitrogens is 2. The molecule has 0 saturated heterocycles. The first kappa shape index (κ1) is 16.9. The van der Waals surface area contributed by atoms with Crippen LogP contribution in [0, 0.1) is 0 Å². The fourth-order valence-electron chi connectivity index (χ4n) is 2.83. The second-order valence-electron chi connectivity index (χ2n) is 6.10. The summed E-state index contributed by atoms with van der Waals surface area (Å²) in [5.41, 5.74) is 1.74. The third kappa shape index (κ3) is 3.75. The number of anilines is 1. The van der Waals surface area contributed by atoms with Crippen LogP contribution in [0.2, 0.25) is 0 Å². The predicted molar refractivity (Wildman–Crippen MR) is 97.9 cm³/mol. The highest BCUT2D eigenvalue weighted by Gasteiger charge is 2.17. The fourth-order valence-corrected chi connectivity index (χ4v) is 2.83. The summed E-state index contributed by atoms with van der Waals surface area (Å²) < 4.78 is 0. The second kappa shape index (κ2) is 7.27. The van der Waals surface area contributed by atoms with Gasteiger partial charge in [-0.05, 0) is 31.8 Å². The number of nitrogens with one attached hydrogen (secondary N) is 1. The standard InChI is InChI=1S/C19H20N4O2/c1-23(2)11-16(13-7-4-3-5-8-13)22-18-14-9-6-10-15(19(24)25)17(14)20-12-21-18/h3-10,12,16H,11H2,1-2H3,(H,24,25)(H,20,21,22)/t16-/m1/s1. The first-order valence-electron chi connectivity index (χ1n) is 7.99. The van der Waals surface area contributed by atoms with Crippen LogP contribution in [0.3, 0.4) is 0 Å². The molecule has 128 valence electrons. The lowest BCUT2D eigenvalue weighted by Gasteiger charge is -2.24. The molecule has 0 amide bonds. The highest BCUT2D eigenvalue weighted by molar-refractivity contribution is 6.04. The molecule has 0 aliphatic rings. The minimum absolute atomic E-state index is 0.0165. The Kier molecular flexibility index (Phi) is 4.90.